The average molecular weight is 463 g/mol. The van der Waals surface area contributed by atoms with Gasteiger partial charge in [0.15, 0.2) is 5.75 Å². The number of nitrogens with zero attached hydrogens (tertiary/aromatic N) is 3. The predicted molar refractivity (Wildman–Crippen MR) is 115 cm³/mol. The Morgan fingerprint density at radius 2 is 1.91 bits per heavy atom. The SMILES string of the molecule is O=C(O)COCCN1CCCN(C2=Nc3ccccc3Oc3ccc(C(F)(F)F)cc32)CC1. The molecule has 1 fully saturated rings. The van der Waals surface area contributed by atoms with Gasteiger partial charge in [0.1, 0.15) is 23.9 Å². The summed E-state index contributed by atoms with van der Waals surface area (Å²) in [7, 11) is 0. The fourth-order valence-corrected chi connectivity index (χ4v) is 3.90. The van der Waals surface area contributed by atoms with Crippen LogP contribution in [0.3, 0.4) is 0 Å². The molecule has 0 saturated carbocycles. The molecule has 7 nitrogen and oxygen atoms in total. The third kappa shape index (κ3) is 5.63. The summed E-state index contributed by atoms with van der Waals surface area (Å²) >= 11 is 0. The largest absolute Gasteiger partial charge is 0.480 e. The van der Waals surface area contributed by atoms with Crippen LogP contribution in [0.25, 0.3) is 0 Å². The normalized spacial score (nSPS) is 16.7. The number of carboxylic acids is 1. The molecule has 33 heavy (non-hydrogen) atoms. The maximum Gasteiger partial charge on any atom is 0.416 e. The van der Waals surface area contributed by atoms with E-state index in [0.29, 0.717) is 61.4 Å². The Balaban J connectivity index is 1.59. The maximum absolute atomic E-state index is 13.5. The van der Waals surface area contributed by atoms with Crippen LogP contribution in [-0.4, -0.2) is 72.6 Å². The second-order valence-electron chi connectivity index (χ2n) is 7.84. The molecule has 0 aromatic heterocycles. The number of aliphatic imine (C=N–C) groups is 1. The number of para-hydroxylation sites is 2. The summed E-state index contributed by atoms with van der Waals surface area (Å²) in [5.41, 5.74) is 0.107. The molecule has 0 unspecified atom stereocenters. The fourth-order valence-electron chi connectivity index (χ4n) is 3.90. The third-order valence-corrected chi connectivity index (χ3v) is 5.52. The smallest absolute Gasteiger partial charge is 0.416 e. The van der Waals surface area contributed by atoms with Crippen molar-refractivity contribution in [3.63, 3.8) is 0 Å². The summed E-state index contributed by atoms with van der Waals surface area (Å²) in [4.78, 5) is 19.5. The van der Waals surface area contributed by atoms with Crippen molar-refractivity contribution in [2.75, 3.05) is 45.9 Å². The molecule has 2 heterocycles. The Hall–Kier alpha value is -3.11. The highest BCUT2D eigenvalue weighted by Crippen LogP contribution is 2.40. The van der Waals surface area contributed by atoms with Crippen molar-refractivity contribution in [3.05, 3.63) is 53.6 Å². The molecule has 0 spiro atoms. The van der Waals surface area contributed by atoms with Crippen molar-refractivity contribution >= 4 is 17.5 Å². The van der Waals surface area contributed by atoms with E-state index in [1.807, 2.05) is 11.0 Å². The van der Waals surface area contributed by atoms with Crippen LogP contribution in [0.4, 0.5) is 18.9 Å². The third-order valence-electron chi connectivity index (χ3n) is 5.52. The average Bonchev–Trinajstić information content (AvgIpc) is 3.10. The molecule has 0 bridgehead atoms. The van der Waals surface area contributed by atoms with Gasteiger partial charge in [-0.1, -0.05) is 12.1 Å². The molecule has 10 heteroatoms. The monoisotopic (exact) mass is 463 g/mol. The molecule has 4 rings (SSSR count). The minimum absolute atomic E-state index is 0.298. The number of amidine groups is 1. The first-order valence-corrected chi connectivity index (χ1v) is 10.7. The zero-order valence-corrected chi connectivity index (χ0v) is 17.8. The highest BCUT2D eigenvalue weighted by atomic mass is 19.4. The second kappa shape index (κ2) is 9.80. The molecule has 0 aliphatic carbocycles. The van der Waals surface area contributed by atoms with E-state index in [-0.39, 0.29) is 6.61 Å². The molecule has 0 radical (unpaired) electrons. The molecular weight excluding hydrogens is 439 g/mol. The molecule has 2 aromatic rings. The van der Waals surface area contributed by atoms with Gasteiger partial charge in [-0.3, -0.25) is 4.90 Å². The molecule has 2 aliphatic heterocycles. The van der Waals surface area contributed by atoms with Crippen LogP contribution >= 0.6 is 0 Å². The molecule has 1 N–H and O–H groups in total. The minimum Gasteiger partial charge on any atom is -0.480 e. The zero-order chi connectivity index (χ0) is 23.4. The zero-order valence-electron chi connectivity index (χ0n) is 17.8. The van der Waals surface area contributed by atoms with Crippen LogP contribution in [0.5, 0.6) is 11.5 Å². The van der Waals surface area contributed by atoms with E-state index in [9.17, 15) is 18.0 Å². The van der Waals surface area contributed by atoms with Gasteiger partial charge in [-0.05, 0) is 43.3 Å². The number of carboxylic acid groups (broad SMARTS) is 1. The van der Waals surface area contributed by atoms with Crippen molar-refractivity contribution in [2.45, 2.75) is 12.6 Å². The van der Waals surface area contributed by atoms with Crippen LogP contribution in [-0.2, 0) is 15.7 Å². The number of hydrogen-bond donors (Lipinski definition) is 1. The quantitative estimate of drug-likeness (QED) is 0.676. The summed E-state index contributed by atoms with van der Waals surface area (Å²) in [6.45, 7) is 3.11. The molecule has 1 saturated heterocycles. The summed E-state index contributed by atoms with van der Waals surface area (Å²) < 4.78 is 51.4. The summed E-state index contributed by atoms with van der Waals surface area (Å²) in [6, 6.07) is 10.6. The Bertz CT molecular complexity index is 1040. The van der Waals surface area contributed by atoms with Gasteiger partial charge in [0.2, 0.25) is 0 Å². The number of halogens is 3. The first kappa shape index (κ1) is 23.1. The number of ether oxygens (including phenoxy) is 2. The summed E-state index contributed by atoms with van der Waals surface area (Å²) in [6.07, 6.45) is -3.71. The van der Waals surface area contributed by atoms with Gasteiger partial charge in [-0.15, -0.1) is 0 Å². The topological polar surface area (TPSA) is 74.6 Å². The number of rotatable bonds is 5. The van der Waals surface area contributed by atoms with Crippen LogP contribution in [0.2, 0.25) is 0 Å². The second-order valence-corrected chi connectivity index (χ2v) is 7.84. The maximum atomic E-state index is 13.5. The molecule has 176 valence electrons. The van der Waals surface area contributed by atoms with Crippen LogP contribution in [0.1, 0.15) is 17.5 Å². The van der Waals surface area contributed by atoms with E-state index in [1.54, 1.807) is 18.2 Å². The number of carbonyl (C=O) groups is 1. The van der Waals surface area contributed by atoms with Gasteiger partial charge in [0, 0.05) is 26.2 Å². The van der Waals surface area contributed by atoms with Crippen LogP contribution in [0, 0.1) is 0 Å². The van der Waals surface area contributed by atoms with Crippen molar-refractivity contribution in [1.29, 1.82) is 0 Å². The lowest BCUT2D eigenvalue weighted by atomic mass is 10.1. The standard InChI is InChI=1S/C23H24F3N3O4/c24-23(25,26)16-6-7-19-17(14-16)22(27-18-4-1-2-5-20(18)33-19)29-9-3-8-28(10-11-29)12-13-32-15-21(30)31/h1-2,4-7,14H,3,8-13,15H2,(H,30,31). The van der Waals surface area contributed by atoms with Gasteiger partial charge in [-0.2, -0.15) is 13.2 Å². The summed E-state index contributed by atoms with van der Waals surface area (Å²) in [5.74, 6) is 0.253. The Kier molecular flexibility index (Phi) is 6.85. The first-order chi connectivity index (χ1) is 15.8. The van der Waals surface area contributed by atoms with Gasteiger partial charge < -0.3 is 19.5 Å². The van der Waals surface area contributed by atoms with Gasteiger partial charge in [-0.25, -0.2) is 9.79 Å². The number of aliphatic carboxylic acids is 1. The lowest BCUT2D eigenvalue weighted by molar-refractivity contribution is -0.142. The van der Waals surface area contributed by atoms with Crippen molar-refractivity contribution < 1.29 is 32.5 Å². The van der Waals surface area contributed by atoms with Crippen LogP contribution in [0.15, 0.2) is 47.5 Å². The Labute approximate surface area is 189 Å². The highest BCUT2D eigenvalue weighted by molar-refractivity contribution is 6.04. The highest BCUT2D eigenvalue weighted by Gasteiger charge is 2.33. The van der Waals surface area contributed by atoms with E-state index in [0.717, 1.165) is 25.1 Å². The fraction of sp³-hybridized carbons (Fsp3) is 0.391. The van der Waals surface area contributed by atoms with E-state index in [2.05, 4.69) is 4.90 Å². The molecule has 2 aromatic carbocycles. The van der Waals surface area contributed by atoms with Crippen molar-refractivity contribution in [3.8, 4) is 11.5 Å². The van der Waals surface area contributed by atoms with Gasteiger partial charge in [0.05, 0.1) is 17.7 Å². The van der Waals surface area contributed by atoms with Crippen molar-refractivity contribution in [2.24, 2.45) is 4.99 Å². The number of fused-ring (bicyclic) bond motifs is 2. The van der Waals surface area contributed by atoms with Gasteiger partial charge in [0.25, 0.3) is 0 Å². The molecular formula is C23H24F3N3O4. The molecule has 0 atom stereocenters. The summed E-state index contributed by atoms with van der Waals surface area (Å²) in [5, 5.41) is 8.68. The van der Waals surface area contributed by atoms with E-state index in [1.165, 1.54) is 6.07 Å². The van der Waals surface area contributed by atoms with Crippen LogP contribution < -0.4 is 4.74 Å². The Morgan fingerprint density at radius 1 is 1.09 bits per heavy atom. The number of hydrogen-bond acceptors (Lipinski definition) is 6. The van der Waals surface area contributed by atoms with Crippen molar-refractivity contribution in [1.82, 2.24) is 9.80 Å². The minimum atomic E-state index is -4.48. The number of alkyl halides is 3. The molecule has 2 aliphatic rings. The lowest BCUT2D eigenvalue weighted by Crippen LogP contribution is -2.36. The number of benzene rings is 2. The van der Waals surface area contributed by atoms with E-state index >= 15 is 0 Å². The van der Waals surface area contributed by atoms with E-state index in [4.69, 9.17) is 19.6 Å². The lowest BCUT2D eigenvalue weighted by Gasteiger charge is -2.25. The molecule has 0 amide bonds. The Morgan fingerprint density at radius 3 is 2.70 bits per heavy atom. The van der Waals surface area contributed by atoms with E-state index < -0.39 is 17.7 Å². The van der Waals surface area contributed by atoms with Gasteiger partial charge >= 0.3 is 12.1 Å². The predicted octanol–water partition coefficient (Wildman–Crippen LogP) is 4.00. The first-order valence-electron chi connectivity index (χ1n) is 10.7.